The lowest BCUT2D eigenvalue weighted by molar-refractivity contribution is 0.373. The number of pyridine rings is 1. The molecular weight excluding hydrogens is 264 g/mol. The van der Waals surface area contributed by atoms with E-state index in [1.165, 1.54) is 11.9 Å². The highest BCUT2D eigenvalue weighted by atomic mass is 16.5. The van der Waals surface area contributed by atoms with Crippen LogP contribution in [0.1, 0.15) is 23.2 Å². The number of hydrogen-bond acceptors (Lipinski definition) is 5. The first-order valence-electron chi connectivity index (χ1n) is 6.88. The van der Waals surface area contributed by atoms with E-state index in [9.17, 15) is 0 Å². The first-order valence-corrected chi connectivity index (χ1v) is 6.88. The molecule has 2 aromatic heterocycles. The topological polar surface area (TPSA) is 63.8 Å². The fourth-order valence-electron chi connectivity index (χ4n) is 2.21. The van der Waals surface area contributed by atoms with Gasteiger partial charge >= 0.3 is 0 Å². The van der Waals surface area contributed by atoms with E-state index in [2.05, 4.69) is 32.6 Å². The molecular formula is C16H16N4O. The van der Waals surface area contributed by atoms with Crippen LogP contribution in [0.4, 0.5) is 0 Å². The Kier molecular flexibility index (Phi) is 4.33. The second kappa shape index (κ2) is 6.76. The van der Waals surface area contributed by atoms with Gasteiger partial charge in [-0.05, 0) is 17.7 Å². The van der Waals surface area contributed by atoms with Crippen LogP contribution in [0.3, 0.4) is 0 Å². The van der Waals surface area contributed by atoms with Crippen LogP contribution in [0.15, 0.2) is 65.6 Å². The van der Waals surface area contributed by atoms with Crippen LogP contribution in [-0.4, -0.2) is 21.7 Å². The summed E-state index contributed by atoms with van der Waals surface area (Å²) in [5.74, 6) is 0.635. The highest BCUT2D eigenvalue weighted by Gasteiger charge is 2.14. The molecule has 21 heavy (non-hydrogen) atoms. The van der Waals surface area contributed by atoms with Crippen molar-refractivity contribution in [3.8, 4) is 0 Å². The Morgan fingerprint density at radius 3 is 2.57 bits per heavy atom. The quantitative estimate of drug-likeness (QED) is 0.751. The van der Waals surface area contributed by atoms with Crippen LogP contribution in [-0.2, 0) is 6.42 Å². The largest absolute Gasteiger partial charge is 0.340 e. The second-order valence-corrected chi connectivity index (χ2v) is 4.64. The van der Waals surface area contributed by atoms with Crippen molar-refractivity contribution in [2.45, 2.75) is 12.5 Å². The minimum atomic E-state index is 0.0512. The molecule has 0 amide bonds. The summed E-state index contributed by atoms with van der Waals surface area (Å²) in [4.78, 5) is 8.48. The summed E-state index contributed by atoms with van der Waals surface area (Å²) in [6.45, 7) is 0.734. The lowest BCUT2D eigenvalue weighted by atomic mass is 10.0. The van der Waals surface area contributed by atoms with Crippen molar-refractivity contribution in [3.05, 3.63) is 78.2 Å². The van der Waals surface area contributed by atoms with E-state index >= 15 is 0 Å². The van der Waals surface area contributed by atoms with Gasteiger partial charge in [0.15, 0.2) is 6.33 Å². The Morgan fingerprint density at radius 1 is 1.00 bits per heavy atom. The summed E-state index contributed by atoms with van der Waals surface area (Å²) in [5, 5.41) is 7.11. The Morgan fingerprint density at radius 2 is 1.86 bits per heavy atom. The molecule has 1 atom stereocenters. The van der Waals surface area contributed by atoms with Gasteiger partial charge in [-0.2, -0.15) is 4.98 Å². The van der Waals surface area contributed by atoms with Crippen LogP contribution in [0.2, 0.25) is 0 Å². The molecule has 0 fully saturated rings. The van der Waals surface area contributed by atoms with Gasteiger partial charge < -0.3 is 9.84 Å². The van der Waals surface area contributed by atoms with Crippen LogP contribution in [0, 0.1) is 0 Å². The summed E-state index contributed by atoms with van der Waals surface area (Å²) in [6.07, 6.45) is 3.92. The SMILES string of the molecule is c1ccc(C(NCCc2ncno2)c2ccccn2)cc1. The van der Waals surface area contributed by atoms with Crippen molar-refractivity contribution in [1.29, 1.82) is 0 Å². The smallest absolute Gasteiger partial charge is 0.227 e. The van der Waals surface area contributed by atoms with E-state index < -0.39 is 0 Å². The number of benzene rings is 1. The van der Waals surface area contributed by atoms with Crippen molar-refractivity contribution in [3.63, 3.8) is 0 Å². The molecule has 1 unspecified atom stereocenters. The third kappa shape index (κ3) is 3.52. The van der Waals surface area contributed by atoms with E-state index in [0.29, 0.717) is 12.3 Å². The molecule has 3 aromatic rings. The monoisotopic (exact) mass is 280 g/mol. The van der Waals surface area contributed by atoms with Gasteiger partial charge in [0.1, 0.15) is 0 Å². The molecule has 0 saturated carbocycles. The lowest BCUT2D eigenvalue weighted by Gasteiger charge is -2.18. The molecule has 5 heteroatoms. The average Bonchev–Trinajstić information content (AvgIpc) is 3.07. The Balaban J connectivity index is 1.73. The minimum Gasteiger partial charge on any atom is -0.340 e. The van der Waals surface area contributed by atoms with Gasteiger partial charge in [-0.15, -0.1) is 0 Å². The zero-order chi connectivity index (χ0) is 14.3. The van der Waals surface area contributed by atoms with Gasteiger partial charge in [-0.1, -0.05) is 41.6 Å². The average molecular weight is 280 g/mol. The molecule has 0 saturated heterocycles. The summed E-state index contributed by atoms with van der Waals surface area (Å²) < 4.78 is 5.01. The third-order valence-corrected chi connectivity index (χ3v) is 3.21. The molecule has 0 bridgehead atoms. The highest BCUT2D eigenvalue weighted by Crippen LogP contribution is 2.19. The highest BCUT2D eigenvalue weighted by molar-refractivity contribution is 5.27. The van der Waals surface area contributed by atoms with E-state index in [1.807, 2.05) is 42.6 Å². The normalized spacial score (nSPS) is 12.2. The zero-order valence-corrected chi connectivity index (χ0v) is 11.5. The number of hydrogen-bond donors (Lipinski definition) is 1. The van der Waals surface area contributed by atoms with E-state index in [0.717, 1.165) is 12.2 Å². The van der Waals surface area contributed by atoms with Crippen molar-refractivity contribution in [1.82, 2.24) is 20.4 Å². The number of aromatic nitrogens is 3. The van der Waals surface area contributed by atoms with Gasteiger partial charge in [0.05, 0.1) is 11.7 Å². The Labute approximate surface area is 123 Å². The van der Waals surface area contributed by atoms with Crippen LogP contribution >= 0.6 is 0 Å². The van der Waals surface area contributed by atoms with E-state index in [-0.39, 0.29) is 6.04 Å². The Hall–Kier alpha value is -2.53. The molecule has 2 heterocycles. The number of nitrogens with one attached hydrogen (secondary N) is 1. The fourth-order valence-corrected chi connectivity index (χ4v) is 2.21. The van der Waals surface area contributed by atoms with Crippen molar-refractivity contribution >= 4 is 0 Å². The predicted molar refractivity (Wildman–Crippen MR) is 78.5 cm³/mol. The van der Waals surface area contributed by atoms with Gasteiger partial charge in [0, 0.05) is 19.2 Å². The maximum atomic E-state index is 5.01. The van der Waals surface area contributed by atoms with Crippen molar-refractivity contribution < 1.29 is 4.52 Å². The molecule has 0 aliphatic rings. The second-order valence-electron chi connectivity index (χ2n) is 4.64. The first kappa shape index (κ1) is 13.5. The van der Waals surface area contributed by atoms with Crippen LogP contribution in [0.5, 0.6) is 0 Å². The van der Waals surface area contributed by atoms with Gasteiger partial charge in [0.25, 0.3) is 0 Å². The summed E-state index contributed by atoms with van der Waals surface area (Å²) in [6, 6.07) is 16.3. The summed E-state index contributed by atoms with van der Waals surface area (Å²) >= 11 is 0. The molecule has 3 rings (SSSR count). The van der Waals surface area contributed by atoms with Crippen LogP contribution < -0.4 is 5.32 Å². The molecule has 106 valence electrons. The minimum absolute atomic E-state index is 0.0512. The molecule has 0 aliphatic carbocycles. The number of rotatable bonds is 6. The maximum Gasteiger partial charge on any atom is 0.227 e. The molecule has 1 N–H and O–H groups in total. The van der Waals surface area contributed by atoms with Crippen LogP contribution in [0.25, 0.3) is 0 Å². The van der Waals surface area contributed by atoms with Gasteiger partial charge in [-0.25, -0.2) is 0 Å². The zero-order valence-electron chi connectivity index (χ0n) is 11.5. The Bertz CT molecular complexity index is 601. The maximum absolute atomic E-state index is 5.01. The summed E-state index contributed by atoms with van der Waals surface area (Å²) in [7, 11) is 0. The molecule has 1 aromatic carbocycles. The fraction of sp³-hybridized carbons (Fsp3) is 0.188. The predicted octanol–water partition coefficient (Wildman–Crippen LogP) is 2.39. The lowest BCUT2D eigenvalue weighted by Crippen LogP contribution is -2.25. The molecule has 0 spiro atoms. The summed E-state index contributed by atoms with van der Waals surface area (Å²) in [5.41, 5.74) is 2.18. The molecule has 0 aliphatic heterocycles. The third-order valence-electron chi connectivity index (χ3n) is 3.21. The van der Waals surface area contributed by atoms with Crippen molar-refractivity contribution in [2.24, 2.45) is 0 Å². The number of nitrogens with zero attached hydrogens (tertiary/aromatic N) is 3. The van der Waals surface area contributed by atoms with E-state index in [1.54, 1.807) is 0 Å². The molecule has 0 radical (unpaired) electrons. The standard InChI is InChI=1S/C16H16N4O/c1-2-6-13(7-3-1)16(14-8-4-5-10-17-14)18-11-9-15-19-12-20-21-15/h1-8,10,12,16,18H,9,11H2. The first-order chi connectivity index (χ1) is 10.4. The van der Waals surface area contributed by atoms with Crippen molar-refractivity contribution in [2.75, 3.05) is 6.54 Å². The van der Waals surface area contributed by atoms with Gasteiger partial charge in [0.2, 0.25) is 5.89 Å². The van der Waals surface area contributed by atoms with E-state index in [4.69, 9.17) is 4.52 Å². The molecule has 5 nitrogen and oxygen atoms in total. The van der Waals surface area contributed by atoms with Gasteiger partial charge in [-0.3, -0.25) is 4.98 Å².